The van der Waals surface area contributed by atoms with Crippen LogP contribution in [0, 0.1) is 0 Å². The highest BCUT2D eigenvalue weighted by atomic mass is 16.5. The standard InChI is InChI=1S/C12H21NO4/c1-13-8-7-11(17-2)6-5-10(12(15)16)4-3-9-14/h3-4,9,11,13-14H,5-8H2,1-2H3,(H,15,16)/b9-3+,10-4+. The number of aliphatic hydroxyl groups excluding tert-OH is 1. The molecule has 0 radical (unpaired) electrons. The molecule has 0 fully saturated rings. The van der Waals surface area contributed by atoms with Gasteiger partial charge >= 0.3 is 5.97 Å². The first kappa shape index (κ1) is 15.7. The van der Waals surface area contributed by atoms with Gasteiger partial charge < -0.3 is 20.3 Å². The van der Waals surface area contributed by atoms with Crippen molar-refractivity contribution < 1.29 is 19.7 Å². The highest BCUT2D eigenvalue weighted by Crippen LogP contribution is 2.12. The second kappa shape index (κ2) is 9.86. The Hall–Kier alpha value is -1.33. The van der Waals surface area contributed by atoms with Crippen molar-refractivity contribution in [2.75, 3.05) is 20.7 Å². The molecule has 3 N–H and O–H groups in total. The molecule has 0 aliphatic carbocycles. The van der Waals surface area contributed by atoms with Crippen LogP contribution in [0.5, 0.6) is 0 Å². The van der Waals surface area contributed by atoms with Crippen LogP contribution in [0.25, 0.3) is 0 Å². The molecule has 0 heterocycles. The van der Waals surface area contributed by atoms with E-state index >= 15 is 0 Å². The van der Waals surface area contributed by atoms with E-state index in [9.17, 15) is 4.79 Å². The van der Waals surface area contributed by atoms with E-state index in [4.69, 9.17) is 14.9 Å². The first-order valence-electron chi connectivity index (χ1n) is 5.56. The van der Waals surface area contributed by atoms with Gasteiger partial charge in [-0.25, -0.2) is 4.79 Å². The Morgan fingerprint density at radius 3 is 2.65 bits per heavy atom. The van der Waals surface area contributed by atoms with Gasteiger partial charge in [-0.1, -0.05) is 0 Å². The van der Waals surface area contributed by atoms with Gasteiger partial charge in [0.25, 0.3) is 0 Å². The Balaban J connectivity index is 4.22. The lowest BCUT2D eigenvalue weighted by Gasteiger charge is -2.14. The molecule has 0 saturated heterocycles. The van der Waals surface area contributed by atoms with Crippen LogP contribution in [-0.2, 0) is 9.53 Å². The molecular weight excluding hydrogens is 222 g/mol. The number of carbonyl (C=O) groups is 1. The zero-order valence-electron chi connectivity index (χ0n) is 10.3. The number of ether oxygens (including phenoxy) is 1. The lowest BCUT2D eigenvalue weighted by molar-refractivity contribution is -0.132. The van der Waals surface area contributed by atoms with E-state index in [0.29, 0.717) is 12.8 Å². The first-order valence-corrected chi connectivity index (χ1v) is 5.56. The van der Waals surface area contributed by atoms with Crippen LogP contribution < -0.4 is 5.32 Å². The number of aliphatic carboxylic acids is 1. The summed E-state index contributed by atoms with van der Waals surface area (Å²) in [5, 5.41) is 20.4. The highest BCUT2D eigenvalue weighted by molar-refractivity contribution is 5.86. The molecule has 17 heavy (non-hydrogen) atoms. The summed E-state index contributed by atoms with van der Waals surface area (Å²) in [4.78, 5) is 10.9. The summed E-state index contributed by atoms with van der Waals surface area (Å²) < 4.78 is 5.26. The van der Waals surface area contributed by atoms with E-state index in [-0.39, 0.29) is 11.7 Å². The van der Waals surface area contributed by atoms with Gasteiger partial charge in [-0.2, -0.15) is 0 Å². The van der Waals surface area contributed by atoms with E-state index < -0.39 is 5.97 Å². The molecule has 0 bridgehead atoms. The third-order valence-electron chi connectivity index (χ3n) is 2.44. The fourth-order valence-corrected chi connectivity index (χ4v) is 1.42. The summed E-state index contributed by atoms with van der Waals surface area (Å²) in [7, 11) is 3.49. The predicted molar refractivity (Wildman–Crippen MR) is 66.1 cm³/mol. The number of hydrogen-bond acceptors (Lipinski definition) is 4. The number of methoxy groups -OCH3 is 1. The second-order valence-corrected chi connectivity index (χ2v) is 3.63. The molecule has 98 valence electrons. The third-order valence-corrected chi connectivity index (χ3v) is 2.44. The minimum Gasteiger partial charge on any atom is -0.516 e. The van der Waals surface area contributed by atoms with Crippen molar-refractivity contribution in [3.05, 3.63) is 24.0 Å². The van der Waals surface area contributed by atoms with Gasteiger partial charge in [-0.3, -0.25) is 0 Å². The molecule has 0 aliphatic heterocycles. The van der Waals surface area contributed by atoms with Crippen molar-refractivity contribution >= 4 is 5.97 Å². The summed E-state index contributed by atoms with van der Waals surface area (Å²) in [6, 6.07) is 0. The maximum atomic E-state index is 10.9. The van der Waals surface area contributed by atoms with Crippen molar-refractivity contribution in [3.63, 3.8) is 0 Å². The number of hydrogen-bond donors (Lipinski definition) is 3. The first-order chi connectivity index (χ1) is 8.15. The molecule has 0 spiro atoms. The molecule has 0 amide bonds. The number of carboxylic acid groups (broad SMARTS) is 1. The zero-order chi connectivity index (χ0) is 13.1. The van der Waals surface area contributed by atoms with Crippen LogP contribution >= 0.6 is 0 Å². The van der Waals surface area contributed by atoms with Gasteiger partial charge in [0, 0.05) is 12.7 Å². The maximum Gasteiger partial charge on any atom is 0.331 e. The SMILES string of the molecule is CNCCC(CC/C(=C\C=C\O)C(=O)O)OC. The Morgan fingerprint density at radius 1 is 1.47 bits per heavy atom. The van der Waals surface area contributed by atoms with Crippen LogP contribution in [0.2, 0.25) is 0 Å². The largest absolute Gasteiger partial charge is 0.516 e. The highest BCUT2D eigenvalue weighted by Gasteiger charge is 2.11. The molecule has 0 aliphatic rings. The summed E-state index contributed by atoms with van der Waals surface area (Å²) in [5.41, 5.74) is 0.266. The van der Waals surface area contributed by atoms with Crippen LogP contribution in [0.15, 0.2) is 24.0 Å². The number of aliphatic hydroxyl groups is 1. The van der Waals surface area contributed by atoms with E-state index in [0.717, 1.165) is 19.2 Å². The normalized spacial score (nSPS) is 14.1. The van der Waals surface area contributed by atoms with Gasteiger partial charge in [0.15, 0.2) is 0 Å². The van der Waals surface area contributed by atoms with Gasteiger partial charge in [-0.05, 0) is 45.0 Å². The minimum atomic E-state index is -0.966. The third kappa shape index (κ3) is 7.54. The predicted octanol–water partition coefficient (Wildman–Crippen LogP) is 1.47. The molecule has 1 unspecified atom stereocenters. The summed E-state index contributed by atoms with van der Waals surface area (Å²) in [6.45, 7) is 0.834. The molecule has 0 aromatic carbocycles. The van der Waals surface area contributed by atoms with Gasteiger partial charge in [-0.15, -0.1) is 0 Å². The number of rotatable bonds is 9. The molecule has 0 aromatic rings. The van der Waals surface area contributed by atoms with Crippen molar-refractivity contribution in [3.8, 4) is 0 Å². The zero-order valence-corrected chi connectivity index (χ0v) is 10.3. The van der Waals surface area contributed by atoms with Crippen LogP contribution in [0.1, 0.15) is 19.3 Å². The van der Waals surface area contributed by atoms with Crippen LogP contribution in [-0.4, -0.2) is 43.0 Å². The minimum absolute atomic E-state index is 0.0447. The molecule has 0 saturated carbocycles. The topological polar surface area (TPSA) is 78.8 Å². The fourth-order valence-electron chi connectivity index (χ4n) is 1.42. The fraction of sp³-hybridized carbons (Fsp3) is 0.583. The van der Waals surface area contributed by atoms with Crippen LogP contribution in [0.3, 0.4) is 0 Å². The van der Waals surface area contributed by atoms with Crippen molar-refractivity contribution in [1.82, 2.24) is 5.32 Å². The van der Waals surface area contributed by atoms with E-state index in [1.165, 1.54) is 12.2 Å². The van der Waals surface area contributed by atoms with Gasteiger partial charge in [0.05, 0.1) is 12.4 Å². The maximum absolute atomic E-state index is 10.9. The van der Waals surface area contributed by atoms with Crippen LogP contribution in [0.4, 0.5) is 0 Å². The molecular formula is C12H21NO4. The lowest BCUT2D eigenvalue weighted by Crippen LogP contribution is -2.19. The molecule has 0 rings (SSSR count). The van der Waals surface area contributed by atoms with E-state index in [2.05, 4.69) is 5.32 Å². The van der Waals surface area contributed by atoms with Crippen molar-refractivity contribution in [2.24, 2.45) is 0 Å². The Morgan fingerprint density at radius 2 is 2.18 bits per heavy atom. The van der Waals surface area contributed by atoms with Gasteiger partial charge in [0.1, 0.15) is 0 Å². The smallest absolute Gasteiger partial charge is 0.331 e. The number of allylic oxidation sites excluding steroid dienone is 2. The van der Waals surface area contributed by atoms with Gasteiger partial charge in [0.2, 0.25) is 0 Å². The van der Waals surface area contributed by atoms with Crippen molar-refractivity contribution in [1.29, 1.82) is 0 Å². The quantitative estimate of drug-likeness (QED) is 0.325. The molecule has 5 nitrogen and oxygen atoms in total. The number of nitrogens with one attached hydrogen (secondary N) is 1. The average molecular weight is 243 g/mol. The Bertz CT molecular complexity index is 274. The summed E-state index contributed by atoms with van der Waals surface area (Å²) in [6.07, 6.45) is 5.47. The summed E-state index contributed by atoms with van der Waals surface area (Å²) in [5.74, 6) is -0.966. The second-order valence-electron chi connectivity index (χ2n) is 3.63. The Kier molecular flexibility index (Phi) is 9.09. The van der Waals surface area contributed by atoms with Crippen molar-refractivity contribution in [2.45, 2.75) is 25.4 Å². The number of carboxylic acids is 1. The summed E-state index contributed by atoms with van der Waals surface area (Å²) >= 11 is 0. The lowest BCUT2D eigenvalue weighted by atomic mass is 10.0. The van der Waals surface area contributed by atoms with E-state index in [1.54, 1.807) is 7.11 Å². The molecule has 5 heteroatoms. The monoisotopic (exact) mass is 243 g/mol. The molecule has 0 aromatic heterocycles. The Labute approximate surface area is 102 Å². The molecule has 1 atom stereocenters. The average Bonchev–Trinajstić information content (AvgIpc) is 2.32. The van der Waals surface area contributed by atoms with E-state index in [1.807, 2.05) is 7.05 Å².